The van der Waals surface area contributed by atoms with Crippen LogP contribution in [-0.2, 0) is 33.0 Å². The Balaban J connectivity index is 0.971. The summed E-state index contributed by atoms with van der Waals surface area (Å²) in [6.07, 6.45) is 3.30. The highest BCUT2D eigenvalue weighted by Gasteiger charge is 2.66. The number of piperidine rings is 1. The maximum absolute atomic E-state index is 15.6. The minimum atomic E-state index is -2.55. The van der Waals surface area contributed by atoms with Crippen molar-refractivity contribution in [2.75, 3.05) is 48.2 Å². The lowest BCUT2D eigenvalue weighted by atomic mass is 9.82. The number of hydrogen-bond acceptors (Lipinski definition) is 11. The van der Waals surface area contributed by atoms with E-state index in [-0.39, 0.29) is 42.1 Å². The molecule has 5 atom stereocenters. The Morgan fingerprint density at radius 1 is 0.913 bits per heavy atom. The fourth-order valence-electron chi connectivity index (χ4n) is 11.9. The van der Waals surface area contributed by atoms with Crippen LogP contribution >= 0.6 is 0 Å². The van der Waals surface area contributed by atoms with Gasteiger partial charge >= 0.3 is 0 Å². The zero-order valence-electron chi connectivity index (χ0n) is 39.4. The average Bonchev–Trinajstić information content (AvgIpc) is 4.10. The molecule has 1 aromatic heterocycles. The van der Waals surface area contributed by atoms with E-state index >= 15 is 4.79 Å². The van der Waals surface area contributed by atoms with Gasteiger partial charge in [-0.25, -0.2) is 0 Å². The molecule has 1 unspecified atom stereocenters. The van der Waals surface area contributed by atoms with E-state index in [4.69, 9.17) is 9.47 Å². The molecule has 69 heavy (non-hydrogen) atoms. The van der Waals surface area contributed by atoms with E-state index in [1.54, 1.807) is 22.8 Å². The molecule has 6 aromatic rings. The summed E-state index contributed by atoms with van der Waals surface area (Å²) in [4.78, 5) is 47.9. The summed E-state index contributed by atoms with van der Waals surface area (Å²) in [7, 11) is -0.912. The molecule has 4 aliphatic heterocycles. The number of aliphatic hydroxyl groups excluding tert-OH is 1. The monoisotopic (exact) mass is 946 g/mol. The Labute approximate surface area is 402 Å². The molecule has 4 aliphatic rings. The van der Waals surface area contributed by atoms with Gasteiger partial charge in [-0.05, 0) is 91.5 Å². The third-order valence-electron chi connectivity index (χ3n) is 15.5. The van der Waals surface area contributed by atoms with Crippen LogP contribution in [0.5, 0.6) is 5.75 Å². The number of nitro benzene ring substituents is 1. The smallest absolute Gasteiger partial charge is 0.269 e. The number of carbonyl (C=O) groups is 2. The van der Waals surface area contributed by atoms with Crippen molar-refractivity contribution in [1.82, 2.24) is 20.3 Å². The number of fused-ring (bicyclic) bond motifs is 2. The van der Waals surface area contributed by atoms with Crippen LogP contribution in [0.4, 0.5) is 22.7 Å². The van der Waals surface area contributed by atoms with Gasteiger partial charge < -0.3 is 29.7 Å². The first kappa shape index (κ1) is 46.0. The van der Waals surface area contributed by atoms with E-state index in [0.29, 0.717) is 49.4 Å². The lowest BCUT2D eigenvalue weighted by Gasteiger charge is -2.39. The molecule has 0 aliphatic carbocycles. The van der Waals surface area contributed by atoms with Gasteiger partial charge in [0.05, 0.1) is 63.3 Å². The second-order valence-corrected chi connectivity index (χ2v) is 24.1. The highest BCUT2D eigenvalue weighted by Crippen LogP contribution is 2.60. The zero-order valence-corrected chi connectivity index (χ0v) is 40.4. The number of para-hydroxylation sites is 1. The summed E-state index contributed by atoms with van der Waals surface area (Å²) in [6.45, 7) is 9.08. The molecule has 15 nitrogen and oxygen atoms in total. The molecule has 10 rings (SSSR count). The van der Waals surface area contributed by atoms with Crippen molar-refractivity contribution in [3.8, 4) is 5.75 Å². The average molecular weight is 947 g/mol. The Bertz CT molecular complexity index is 2840. The first-order valence-corrected chi connectivity index (χ1v) is 26.9. The number of amides is 2. The fourth-order valence-corrected chi connectivity index (χ4v) is 15.9. The molecule has 16 heteroatoms. The minimum absolute atomic E-state index is 0.0798. The van der Waals surface area contributed by atoms with Crippen molar-refractivity contribution in [2.45, 2.75) is 81.1 Å². The van der Waals surface area contributed by atoms with Gasteiger partial charge in [0.15, 0.2) is 5.60 Å². The number of ether oxygens (including phenoxy) is 2. The SMILES string of the molecule is COc1ccc([Si](C)(C)[C@H]2[C@H](CCn3cc(C(CO)c4ccccc4)nn3)O[C@@]3(C(=O)N(Cc4ccc(N5CN(c6ccccc6)C6(CCNCC6)C5=O)cc4)c4ccc([N+](=O)[O-])cc43)[C@@H]2C)cc1. The number of hydrogen-bond donors (Lipinski definition) is 2. The third-order valence-corrected chi connectivity index (χ3v) is 19.9. The van der Waals surface area contributed by atoms with Crippen LogP contribution in [0.3, 0.4) is 0 Å². The molecule has 2 N–H and O–H groups in total. The van der Waals surface area contributed by atoms with Crippen LogP contribution < -0.4 is 29.9 Å². The van der Waals surface area contributed by atoms with E-state index in [0.717, 1.165) is 41.3 Å². The predicted molar refractivity (Wildman–Crippen MR) is 266 cm³/mol. The summed E-state index contributed by atoms with van der Waals surface area (Å²) in [5.41, 5.74) is 2.85. The van der Waals surface area contributed by atoms with Gasteiger partial charge in [0.25, 0.3) is 17.5 Å². The zero-order chi connectivity index (χ0) is 48.1. The number of rotatable bonds is 14. The van der Waals surface area contributed by atoms with Gasteiger partial charge in [0.1, 0.15) is 11.3 Å². The number of nitrogens with zero attached hydrogens (tertiary/aromatic N) is 7. The molecule has 2 spiro atoms. The summed E-state index contributed by atoms with van der Waals surface area (Å²) in [6, 6.07) is 40.5. The van der Waals surface area contributed by atoms with Crippen LogP contribution in [-0.4, -0.2) is 90.0 Å². The first-order valence-electron chi connectivity index (χ1n) is 23.8. The van der Waals surface area contributed by atoms with Crippen molar-refractivity contribution in [3.05, 3.63) is 166 Å². The summed E-state index contributed by atoms with van der Waals surface area (Å²) in [5.74, 6) is -0.180. The van der Waals surface area contributed by atoms with Gasteiger partial charge in [-0.15, -0.1) is 5.10 Å². The van der Waals surface area contributed by atoms with Crippen LogP contribution in [0.1, 0.15) is 54.5 Å². The molecule has 3 fully saturated rings. The van der Waals surface area contributed by atoms with Gasteiger partial charge in [0.2, 0.25) is 0 Å². The standard InChI is InChI=1S/C53H58N8O7Si/c1-36-49(69(3,4)43-22-20-42(67-2)21-23-43)48(25-30-57-33-46(55-56-57)44(34-62)38-11-7-5-8-12-38)68-53(36)45-31-41(61(65)66)19-24-47(45)58(51(53)64)32-37-15-17-39(18-16-37)59-35-60(40-13-9-6-10-14-40)52(50(59)63)26-28-54-29-27-52/h5-24,31,33,36,44,48-49,54,62H,25-30,32,34-35H2,1-4H3/t36-,44?,48+,49-,53+/m1/s1. The third kappa shape index (κ3) is 7.88. The van der Waals surface area contributed by atoms with Crippen LogP contribution in [0.15, 0.2) is 134 Å². The molecule has 0 bridgehead atoms. The van der Waals surface area contributed by atoms with E-state index in [9.17, 15) is 20.0 Å². The molecule has 3 saturated heterocycles. The van der Waals surface area contributed by atoms with E-state index < -0.39 is 36.2 Å². The number of methoxy groups -OCH3 is 1. The topological polar surface area (TPSA) is 168 Å². The summed E-state index contributed by atoms with van der Waals surface area (Å²) in [5, 5.41) is 36.4. The number of anilines is 3. The van der Waals surface area contributed by atoms with Gasteiger partial charge in [0, 0.05) is 47.7 Å². The molecule has 0 radical (unpaired) electrons. The van der Waals surface area contributed by atoms with Crippen LogP contribution in [0, 0.1) is 16.0 Å². The Kier molecular flexibility index (Phi) is 12.2. The van der Waals surface area contributed by atoms with Crippen molar-refractivity contribution >= 4 is 47.8 Å². The first-order chi connectivity index (χ1) is 33.4. The number of aromatic nitrogens is 3. The maximum atomic E-state index is 15.6. The highest BCUT2D eigenvalue weighted by molar-refractivity contribution is 6.91. The number of carbonyl (C=O) groups excluding carboxylic acids is 2. The number of non-ortho nitro benzene ring substituents is 1. The van der Waals surface area contributed by atoms with Crippen molar-refractivity contribution in [3.63, 3.8) is 0 Å². The van der Waals surface area contributed by atoms with Gasteiger partial charge in [-0.2, -0.15) is 0 Å². The highest BCUT2D eigenvalue weighted by atomic mass is 28.3. The molecular formula is C53H58N8O7Si. The Hall–Kier alpha value is -6.72. The fraction of sp³-hybridized carbons (Fsp3) is 0.358. The van der Waals surface area contributed by atoms with E-state index in [2.05, 4.69) is 64.8 Å². The molecule has 2 amide bonds. The summed E-state index contributed by atoms with van der Waals surface area (Å²) < 4.78 is 14.6. The molecule has 356 valence electrons. The Morgan fingerprint density at radius 2 is 1.61 bits per heavy atom. The second kappa shape index (κ2) is 18.3. The minimum Gasteiger partial charge on any atom is -0.497 e. The largest absolute Gasteiger partial charge is 0.497 e. The quantitative estimate of drug-likeness (QED) is 0.0649. The van der Waals surface area contributed by atoms with E-state index in [1.165, 1.54) is 17.3 Å². The van der Waals surface area contributed by atoms with Crippen LogP contribution in [0.25, 0.3) is 0 Å². The lowest BCUT2D eigenvalue weighted by molar-refractivity contribution is -0.385. The number of aryl methyl sites for hydroxylation is 1. The predicted octanol–water partition coefficient (Wildman–Crippen LogP) is 7.11. The van der Waals surface area contributed by atoms with E-state index in [1.807, 2.05) is 96.0 Å². The normalized spacial score (nSPS) is 22.4. The number of benzene rings is 5. The molecular weight excluding hydrogens is 889 g/mol. The molecule has 5 aromatic carbocycles. The Morgan fingerprint density at radius 3 is 2.28 bits per heavy atom. The number of nitro groups is 1. The van der Waals surface area contributed by atoms with Crippen molar-refractivity contribution in [2.24, 2.45) is 5.92 Å². The lowest BCUT2D eigenvalue weighted by Crippen LogP contribution is -2.55. The van der Waals surface area contributed by atoms with Crippen molar-refractivity contribution in [1.29, 1.82) is 0 Å². The summed E-state index contributed by atoms with van der Waals surface area (Å²) >= 11 is 0. The van der Waals surface area contributed by atoms with Gasteiger partial charge in [-0.1, -0.05) is 103 Å². The number of aliphatic hydroxyl groups is 1. The van der Waals surface area contributed by atoms with Crippen molar-refractivity contribution < 1.29 is 29.1 Å². The molecule has 5 heterocycles. The number of nitrogens with one attached hydrogen (secondary N) is 1. The molecule has 0 saturated carbocycles. The maximum Gasteiger partial charge on any atom is 0.269 e. The second-order valence-electron chi connectivity index (χ2n) is 19.4. The van der Waals surface area contributed by atoms with Gasteiger partial charge in [-0.3, -0.25) is 29.3 Å². The van der Waals surface area contributed by atoms with Crippen LogP contribution in [0.2, 0.25) is 18.6 Å².